The largest absolute Gasteiger partial charge is 0.378 e. The topological polar surface area (TPSA) is 75.9 Å². The number of carbonyl (C=O) groups is 1. The Morgan fingerprint density at radius 1 is 1.36 bits per heavy atom. The van der Waals surface area contributed by atoms with E-state index in [9.17, 15) is 9.18 Å². The highest BCUT2D eigenvalue weighted by Gasteiger charge is 2.71. The van der Waals surface area contributed by atoms with Gasteiger partial charge < -0.3 is 10.6 Å². The van der Waals surface area contributed by atoms with Crippen molar-refractivity contribution < 1.29 is 13.6 Å². The van der Waals surface area contributed by atoms with Crippen molar-refractivity contribution in [3.63, 3.8) is 0 Å². The molecule has 33 heavy (non-hydrogen) atoms. The highest BCUT2D eigenvalue weighted by atomic mass is 32.2. The Labute approximate surface area is 194 Å². The van der Waals surface area contributed by atoms with E-state index in [2.05, 4.69) is 14.8 Å². The highest BCUT2D eigenvalue weighted by molar-refractivity contribution is 8.15. The van der Waals surface area contributed by atoms with Crippen molar-refractivity contribution in [3.8, 4) is 0 Å². The number of nitrogens with two attached hydrogens (primary N) is 1. The quantitative estimate of drug-likeness (QED) is 0.675. The molecular formula is C24H21F2N5OS. The lowest BCUT2D eigenvalue weighted by molar-refractivity contribution is -0.135. The van der Waals surface area contributed by atoms with Crippen molar-refractivity contribution in [2.24, 2.45) is 16.6 Å². The summed E-state index contributed by atoms with van der Waals surface area (Å²) in [6.45, 7) is 10.2. The van der Waals surface area contributed by atoms with E-state index in [-0.39, 0.29) is 28.3 Å². The van der Waals surface area contributed by atoms with E-state index in [1.54, 1.807) is 13.0 Å². The van der Waals surface area contributed by atoms with Gasteiger partial charge in [0.05, 0.1) is 17.8 Å². The maximum absolute atomic E-state index is 15.1. The minimum atomic E-state index is -1.03. The summed E-state index contributed by atoms with van der Waals surface area (Å²) in [6, 6.07) is 7.23. The Morgan fingerprint density at radius 2 is 2.15 bits per heavy atom. The molecule has 1 aromatic heterocycles. The van der Waals surface area contributed by atoms with E-state index in [1.807, 2.05) is 4.90 Å². The second-order valence-electron chi connectivity index (χ2n) is 8.74. The molecule has 2 N–H and O–H groups in total. The van der Waals surface area contributed by atoms with Gasteiger partial charge in [0.1, 0.15) is 16.4 Å². The molecule has 168 valence electrons. The zero-order valence-electron chi connectivity index (χ0n) is 17.9. The Kier molecular flexibility index (Phi) is 5.01. The monoisotopic (exact) mass is 465 g/mol. The summed E-state index contributed by atoms with van der Waals surface area (Å²) >= 11 is 1.28. The van der Waals surface area contributed by atoms with Gasteiger partial charge in [0.15, 0.2) is 5.17 Å². The van der Waals surface area contributed by atoms with Gasteiger partial charge in [-0.25, -0.2) is 13.6 Å². The number of hydrogen-bond donors (Lipinski definition) is 1. The van der Waals surface area contributed by atoms with Crippen LogP contribution in [0.25, 0.3) is 16.7 Å². The number of amides is 1. The summed E-state index contributed by atoms with van der Waals surface area (Å²) < 4.78 is 29.1. The maximum atomic E-state index is 15.1. The highest BCUT2D eigenvalue weighted by Crippen LogP contribution is 2.66. The molecule has 1 aliphatic carbocycles. The summed E-state index contributed by atoms with van der Waals surface area (Å²) in [6.07, 6.45) is 4.12. The summed E-state index contributed by atoms with van der Waals surface area (Å²) in [5.74, 6) is -1.23. The van der Waals surface area contributed by atoms with Crippen LogP contribution >= 0.6 is 11.8 Å². The molecule has 3 aliphatic rings. The van der Waals surface area contributed by atoms with E-state index >= 15 is 4.39 Å². The number of nitrogens with zero attached hydrogens (tertiary/aromatic N) is 4. The Morgan fingerprint density at radius 3 is 2.79 bits per heavy atom. The molecule has 1 aromatic carbocycles. The second kappa shape index (κ2) is 7.66. The molecule has 2 aliphatic heterocycles. The Balaban J connectivity index is 1.49. The molecule has 0 bridgehead atoms. The van der Waals surface area contributed by atoms with Crippen molar-refractivity contribution in [1.82, 2.24) is 9.88 Å². The molecule has 1 saturated carbocycles. The number of aliphatic imine (C=N–C) groups is 1. The van der Waals surface area contributed by atoms with Crippen LogP contribution in [0.3, 0.4) is 0 Å². The molecule has 1 amide bonds. The van der Waals surface area contributed by atoms with Crippen LogP contribution in [0.15, 0.2) is 41.5 Å². The second-order valence-corrected chi connectivity index (χ2v) is 10.1. The SMILES string of the molecule is [C-]#[N+]c1ccc(/C(F)=C/c2ccc(F)c([C@@]3(C)N=C(N)S[C@@]4(C(=O)N5CCC5)C[C@H]43)c2)nc1. The number of thioether (sulfide) groups is 1. The van der Waals surface area contributed by atoms with Crippen molar-refractivity contribution in [1.29, 1.82) is 0 Å². The molecule has 2 fully saturated rings. The van der Waals surface area contributed by atoms with Gasteiger partial charge in [0.2, 0.25) is 11.6 Å². The number of halogens is 2. The number of hydrogen-bond acceptors (Lipinski definition) is 5. The minimum absolute atomic E-state index is 0.0456. The number of fused-ring (bicyclic) bond motifs is 1. The van der Waals surface area contributed by atoms with Gasteiger partial charge in [-0.3, -0.25) is 14.8 Å². The van der Waals surface area contributed by atoms with Crippen LogP contribution in [0.1, 0.15) is 36.6 Å². The van der Waals surface area contributed by atoms with Crippen molar-refractivity contribution >= 4 is 40.4 Å². The van der Waals surface area contributed by atoms with Crippen LogP contribution in [0, 0.1) is 18.3 Å². The van der Waals surface area contributed by atoms with Gasteiger partial charge in [-0.2, -0.15) is 0 Å². The fourth-order valence-electron chi connectivity index (χ4n) is 4.68. The minimum Gasteiger partial charge on any atom is -0.378 e. The first kappa shape index (κ1) is 21.6. The van der Waals surface area contributed by atoms with Crippen molar-refractivity contribution in [3.05, 3.63) is 70.6 Å². The van der Waals surface area contributed by atoms with E-state index in [0.717, 1.165) is 19.5 Å². The first-order chi connectivity index (χ1) is 15.8. The van der Waals surface area contributed by atoms with Crippen molar-refractivity contribution in [2.75, 3.05) is 13.1 Å². The molecule has 2 aromatic rings. The van der Waals surface area contributed by atoms with Gasteiger partial charge in [0.25, 0.3) is 0 Å². The molecule has 3 atom stereocenters. The van der Waals surface area contributed by atoms with Crippen LogP contribution in [-0.2, 0) is 10.3 Å². The number of aromatic nitrogens is 1. The number of likely N-dealkylation sites (tertiary alicyclic amines) is 1. The first-order valence-corrected chi connectivity index (χ1v) is 11.4. The predicted molar refractivity (Wildman–Crippen MR) is 124 cm³/mol. The third-order valence-corrected chi connectivity index (χ3v) is 7.96. The molecule has 5 rings (SSSR count). The average Bonchev–Trinajstić information content (AvgIpc) is 3.50. The molecule has 0 radical (unpaired) electrons. The smallest absolute Gasteiger partial charge is 0.239 e. The first-order valence-electron chi connectivity index (χ1n) is 10.6. The summed E-state index contributed by atoms with van der Waals surface area (Å²) in [5, 5.41) is 0.260. The van der Waals surface area contributed by atoms with Crippen LogP contribution in [0.2, 0.25) is 0 Å². The van der Waals surface area contributed by atoms with E-state index < -0.39 is 21.9 Å². The lowest BCUT2D eigenvalue weighted by Gasteiger charge is -2.38. The van der Waals surface area contributed by atoms with Crippen LogP contribution in [-0.4, -0.2) is 38.8 Å². The molecule has 0 spiro atoms. The molecule has 0 unspecified atom stereocenters. The summed E-state index contributed by atoms with van der Waals surface area (Å²) in [5.41, 5.74) is 6.22. The normalized spacial score (nSPS) is 28.3. The summed E-state index contributed by atoms with van der Waals surface area (Å²) in [4.78, 5) is 26.7. The fraction of sp³-hybridized carbons (Fsp3) is 0.333. The average molecular weight is 466 g/mol. The zero-order chi connectivity index (χ0) is 23.4. The van der Waals surface area contributed by atoms with Crippen LogP contribution in [0.4, 0.5) is 14.5 Å². The fourth-order valence-corrected chi connectivity index (χ4v) is 6.12. The van der Waals surface area contributed by atoms with Crippen LogP contribution < -0.4 is 5.73 Å². The Bertz CT molecular complexity index is 1250. The predicted octanol–water partition coefficient (Wildman–Crippen LogP) is 4.51. The van der Waals surface area contributed by atoms with Crippen LogP contribution in [0.5, 0.6) is 0 Å². The number of pyridine rings is 1. The summed E-state index contributed by atoms with van der Waals surface area (Å²) in [7, 11) is 0. The van der Waals surface area contributed by atoms with Gasteiger partial charge in [-0.15, -0.1) is 0 Å². The lowest BCUT2D eigenvalue weighted by Crippen LogP contribution is -2.51. The van der Waals surface area contributed by atoms with Gasteiger partial charge in [-0.05, 0) is 49.6 Å². The zero-order valence-corrected chi connectivity index (χ0v) is 18.7. The Hall–Kier alpha value is -3.25. The standard InChI is InChI=1S/C24H21F2N5OS/c1-23(20-12-24(20,33-22(27)30-23)21(32)31-8-3-9-31)16-10-14(4-6-17(16)25)11-18(26)19-7-5-15(28-2)13-29-19/h4-7,10-11,13,20H,3,8-9,12H2,1H3,(H2,27,30)/b18-11-/t20-,23+,24-/m0/s1. The van der Waals surface area contributed by atoms with E-state index in [0.29, 0.717) is 17.7 Å². The third-order valence-electron chi connectivity index (χ3n) is 6.67. The molecule has 9 heteroatoms. The molecule has 3 heterocycles. The maximum Gasteiger partial charge on any atom is 0.239 e. The third kappa shape index (κ3) is 3.49. The van der Waals surface area contributed by atoms with Gasteiger partial charge >= 0.3 is 0 Å². The van der Waals surface area contributed by atoms with E-state index in [4.69, 9.17) is 12.3 Å². The molecular weight excluding hydrogens is 444 g/mol. The van der Waals surface area contributed by atoms with E-state index in [1.165, 1.54) is 48.3 Å². The number of benzene rings is 1. The van der Waals surface area contributed by atoms with Gasteiger partial charge in [0, 0.05) is 30.8 Å². The number of amidine groups is 1. The molecule has 6 nitrogen and oxygen atoms in total. The lowest BCUT2D eigenvalue weighted by atomic mass is 9.84. The van der Waals surface area contributed by atoms with Crippen molar-refractivity contribution in [2.45, 2.75) is 30.1 Å². The molecule has 1 saturated heterocycles. The van der Waals surface area contributed by atoms with Gasteiger partial charge in [-0.1, -0.05) is 23.9 Å². The number of carbonyl (C=O) groups excluding carboxylic acids is 1. The number of rotatable bonds is 4.